The number of rotatable bonds is 11. The van der Waals surface area contributed by atoms with Crippen molar-refractivity contribution in [1.29, 1.82) is 0 Å². The summed E-state index contributed by atoms with van der Waals surface area (Å²) in [7, 11) is 0. The van der Waals surface area contributed by atoms with E-state index in [9.17, 15) is 4.79 Å². The van der Waals surface area contributed by atoms with Crippen LogP contribution in [0.2, 0.25) is 0 Å². The third kappa shape index (κ3) is 10.7. The molecular formula is C39H54N2O6. The molecule has 2 atom stereocenters. The summed E-state index contributed by atoms with van der Waals surface area (Å²) >= 11 is 0. The van der Waals surface area contributed by atoms with Crippen molar-refractivity contribution in [3.63, 3.8) is 0 Å². The smallest absolute Gasteiger partial charge is 0.300 e. The van der Waals surface area contributed by atoms with Gasteiger partial charge in [0.1, 0.15) is 19.0 Å². The van der Waals surface area contributed by atoms with E-state index in [1.807, 2.05) is 19.9 Å². The van der Waals surface area contributed by atoms with Crippen LogP contribution in [0.15, 0.2) is 54.6 Å². The molecule has 8 heteroatoms. The molecule has 3 aromatic carbocycles. The molecule has 0 radical (unpaired) electrons. The number of anilines is 1. The number of likely N-dealkylation sites (tertiary alicyclic amines) is 1. The highest BCUT2D eigenvalue weighted by Crippen LogP contribution is 2.43. The number of unbranched alkanes of at least 4 members (excludes halogenated alkanes) is 1. The fourth-order valence-corrected chi connectivity index (χ4v) is 6.12. The van der Waals surface area contributed by atoms with Crippen molar-refractivity contribution in [2.45, 2.75) is 92.5 Å². The summed E-state index contributed by atoms with van der Waals surface area (Å²) in [6, 6.07) is 19.2. The third-order valence-corrected chi connectivity index (χ3v) is 8.29. The molecule has 0 bridgehead atoms. The van der Waals surface area contributed by atoms with Crippen molar-refractivity contribution in [3.8, 4) is 17.2 Å². The Bertz CT molecular complexity index is 1410. The van der Waals surface area contributed by atoms with Gasteiger partial charge in [0.25, 0.3) is 5.97 Å². The number of hydrogen-bond donors (Lipinski definition) is 2. The highest BCUT2D eigenvalue weighted by molar-refractivity contribution is 5.94. The van der Waals surface area contributed by atoms with Gasteiger partial charge >= 0.3 is 0 Å². The number of fused-ring (bicyclic) bond motifs is 1. The molecule has 0 spiro atoms. The van der Waals surface area contributed by atoms with E-state index in [-0.39, 0.29) is 17.9 Å². The van der Waals surface area contributed by atoms with Gasteiger partial charge in [0.05, 0.1) is 13.2 Å². The van der Waals surface area contributed by atoms with Crippen LogP contribution in [0.1, 0.15) is 101 Å². The molecule has 1 amide bonds. The number of hydrogen-bond acceptors (Lipinski definition) is 6. The van der Waals surface area contributed by atoms with E-state index in [4.69, 9.17) is 24.1 Å². The van der Waals surface area contributed by atoms with Crippen LogP contribution >= 0.6 is 0 Å². The van der Waals surface area contributed by atoms with Crippen LogP contribution in [0.25, 0.3) is 0 Å². The minimum Gasteiger partial charge on any atom is -0.494 e. The van der Waals surface area contributed by atoms with Crippen molar-refractivity contribution in [2.75, 3.05) is 38.2 Å². The largest absolute Gasteiger partial charge is 0.494 e. The molecule has 2 aliphatic heterocycles. The second kappa shape index (κ2) is 18.9. The van der Waals surface area contributed by atoms with E-state index in [1.165, 1.54) is 27.8 Å². The van der Waals surface area contributed by atoms with Gasteiger partial charge in [-0.05, 0) is 85.0 Å². The summed E-state index contributed by atoms with van der Waals surface area (Å²) in [6.45, 7) is 16.7. The Kier molecular flexibility index (Phi) is 15.1. The topological polar surface area (TPSA) is 97.3 Å². The molecular weight excluding hydrogens is 592 g/mol. The molecule has 5 rings (SSSR count). The fourth-order valence-electron chi connectivity index (χ4n) is 6.12. The first-order chi connectivity index (χ1) is 22.7. The molecule has 0 saturated carbocycles. The van der Waals surface area contributed by atoms with Gasteiger partial charge in [0, 0.05) is 25.2 Å². The average Bonchev–Trinajstić information content (AvgIpc) is 3.49. The average molecular weight is 647 g/mol. The Morgan fingerprint density at radius 2 is 1.51 bits per heavy atom. The van der Waals surface area contributed by atoms with E-state index < -0.39 is 5.97 Å². The van der Waals surface area contributed by atoms with Crippen molar-refractivity contribution in [1.82, 2.24) is 4.90 Å². The number of nitrogens with one attached hydrogen (secondary N) is 1. The van der Waals surface area contributed by atoms with Crippen molar-refractivity contribution in [3.05, 3.63) is 82.4 Å². The number of aliphatic carboxylic acids is 1. The maximum atomic E-state index is 13.6. The van der Waals surface area contributed by atoms with Gasteiger partial charge in [0.15, 0.2) is 11.5 Å². The zero-order chi connectivity index (χ0) is 34.3. The fraction of sp³-hybridized carbons (Fsp3) is 0.487. The number of carboxylic acids is 1. The highest BCUT2D eigenvalue weighted by Gasteiger charge is 2.35. The van der Waals surface area contributed by atoms with E-state index in [0.29, 0.717) is 19.8 Å². The van der Waals surface area contributed by atoms with Crippen molar-refractivity contribution >= 4 is 17.6 Å². The Labute approximate surface area is 281 Å². The number of ether oxygens (including phenoxy) is 3. The molecule has 2 unspecified atom stereocenters. The number of carbonyl (C=O) groups is 2. The van der Waals surface area contributed by atoms with Crippen molar-refractivity contribution < 1.29 is 28.9 Å². The number of carbonyl (C=O) groups excluding carboxylic acids is 1. The van der Waals surface area contributed by atoms with Crippen LogP contribution < -0.4 is 19.5 Å². The van der Waals surface area contributed by atoms with Crippen LogP contribution in [0, 0.1) is 6.92 Å². The number of carboxylic acid groups (broad SMARTS) is 1. The molecule has 0 aromatic heterocycles. The number of amides is 1. The van der Waals surface area contributed by atoms with Crippen LogP contribution in [0.4, 0.5) is 5.69 Å². The number of benzene rings is 3. The highest BCUT2D eigenvalue weighted by atomic mass is 16.6. The van der Waals surface area contributed by atoms with Crippen LogP contribution in [0.5, 0.6) is 17.2 Å². The van der Waals surface area contributed by atoms with Crippen LogP contribution in [-0.4, -0.2) is 54.8 Å². The summed E-state index contributed by atoms with van der Waals surface area (Å²) in [6.07, 6.45) is 4.85. The molecule has 47 heavy (non-hydrogen) atoms. The van der Waals surface area contributed by atoms with Crippen molar-refractivity contribution in [2.24, 2.45) is 0 Å². The predicted octanol–water partition coefficient (Wildman–Crippen LogP) is 8.36. The second-order valence-electron chi connectivity index (χ2n) is 11.8. The Morgan fingerprint density at radius 1 is 0.915 bits per heavy atom. The lowest BCUT2D eigenvalue weighted by atomic mass is 9.93. The monoisotopic (exact) mass is 646 g/mol. The summed E-state index contributed by atoms with van der Waals surface area (Å²) in [5.41, 5.74) is 7.04. The number of aryl methyl sites for hydroxylation is 3. The van der Waals surface area contributed by atoms with Gasteiger partial charge in [-0.1, -0.05) is 76.9 Å². The normalized spacial score (nSPS) is 16.7. The minimum atomic E-state index is -0.833. The van der Waals surface area contributed by atoms with Gasteiger partial charge in [-0.3, -0.25) is 14.5 Å². The Hall–Kier alpha value is -4.04. The first-order valence-electron chi connectivity index (χ1n) is 17.2. The lowest BCUT2D eigenvalue weighted by molar-refractivity contribution is -0.134. The summed E-state index contributed by atoms with van der Waals surface area (Å²) in [5, 5.41) is 10.7. The van der Waals surface area contributed by atoms with E-state index in [2.05, 4.69) is 86.4 Å². The quantitative estimate of drug-likeness (QED) is 0.202. The molecule has 2 aliphatic rings. The zero-order valence-corrected chi connectivity index (χ0v) is 29.4. The van der Waals surface area contributed by atoms with Gasteiger partial charge in [0.2, 0.25) is 5.91 Å². The standard InChI is InChI=1S/C35H44N2O4.C2H4O2.C2H6/c1-5-8-15-39-30-12-9-27(10-13-30)31-20-29(28-11-14-32-33(21-28)41-17-16-40-32)22-37(31)23-34(38)36-35-25(6-2)18-24(4)19-26(35)7-3;1-2(3)4;1-2/h9-14,18-19,21,29,31H,5-8,15-17,20,22-23H2,1-4H3,(H,36,38);1H3,(H,3,4);1-2H3. The van der Waals surface area contributed by atoms with Crippen LogP contribution in [0.3, 0.4) is 0 Å². The van der Waals surface area contributed by atoms with Crippen LogP contribution in [-0.2, 0) is 22.4 Å². The molecule has 3 aromatic rings. The molecule has 256 valence electrons. The number of nitrogens with zero attached hydrogens (tertiary/aromatic N) is 1. The Balaban J connectivity index is 0.000000930. The predicted molar refractivity (Wildman–Crippen MR) is 189 cm³/mol. The molecule has 2 heterocycles. The maximum Gasteiger partial charge on any atom is 0.300 e. The Morgan fingerprint density at radius 3 is 2.11 bits per heavy atom. The van der Waals surface area contributed by atoms with Gasteiger partial charge in [-0.2, -0.15) is 0 Å². The molecule has 1 saturated heterocycles. The molecule has 8 nitrogen and oxygen atoms in total. The third-order valence-electron chi connectivity index (χ3n) is 8.29. The minimum absolute atomic E-state index is 0.0330. The molecule has 1 fully saturated rings. The maximum absolute atomic E-state index is 13.6. The second-order valence-corrected chi connectivity index (χ2v) is 11.8. The summed E-state index contributed by atoms with van der Waals surface area (Å²) in [4.78, 5) is 24.9. The molecule has 0 aliphatic carbocycles. The van der Waals surface area contributed by atoms with E-state index >= 15 is 0 Å². The lowest BCUT2D eigenvalue weighted by Gasteiger charge is -2.25. The van der Waals surface area contributed by atoms with Gasteiger partial charge < -0.3 is 24.6 Å². The summed E-state index contributed by atoms with van der Waals surface area (Å²) < 4.78 is 17.5. The summed E-state index contributed by atoms with van der Waals surface area (Å²) in [5.74, 6) is 1.99. The SMILES string of the molecule is CC.CC(=O)O.CCCCOc1ccc(C2CC(c3ccc4c(c3)OCCO4)CN2CC(=O)Nc2c(CC)cc(C)cc2CC)cc1. The first kappa shape index (κ1) is 37.4. The van der Waals surface area contributed by atoms with Gasteiger partial charge in [-0.15, -0.1) is 0 Å². The van der Waals surface area contributed by atoms with E-state index in [0.717, 1.165) is 75.1 Å². The van der Waals surface area contributed by atoms with Gasteiger partial charge in [-0.25, -0.2) is 0 Å². The lowest BCUT2D eigenvalue weighted by Crippen LogP contribution is -2.33. The molecule has 2 N–H and O–H groups in total. The first-order valence-corrected chi connectivity index (χ1v) is 17.2. The van der Waals surface area contributed by atoms with E-state index in [1.54, 1.807) is 0 Å². The zero-order valence-electron chi connectivity index (χ0n) is 29.4.